The molecule has 8 heteroatoms. The Labute approximate surface area is 179 Å². The minimum absolute atomic E-state index is 0.260. The molecule has 3 aromatic rings. The van der Waals surface area contributed by atoms with E-state index in [-0.39, 0.29) is 11.4 Å². The van der Waals surface area contributed by atoms with Crippen molar-refractivity contribution in [2.75, 3.05) is 25.5 Å². The fourth-order valence-corrected chi connectivity index (χ4v) is 5.09. The summed E-state index contributed by atoms with van der Waals surface area (Å²) in [6, 6.07) is 16.6. The molecule has 0 fully saturated rings. The summed E-state index contributed by atoms with van der Waals surface area (Å²) in [6.07, 6.45) is 0.550. The van der Waals surface area contributed by atoms with Crippen LogP contribution >= 0.6 is 15.9 Å². The number of anilines is 1. The van der Waals surface area contributed by atoms with E-state index in [9.17, 15) is 8.42 Å². The van der Waals surface area contributed by atoms with Gasteiger partial charge < -0.3 is 4.90 Å². The maximum absolute atomic E-state index is 13.1. The Bertz CT molecular complexity index is 1130. The van der Waals surface area contributed by atoms with Crippen LogP contribution in [0, 0.1) is 0 Å². The van der Waals surface area contributed by atoms with E-state index in [1.807, 2.05) is 49.3 Å². The van der Waals surface area contributed by atoms with E-state index < -0.39 is 10.0 Å². The van der Waals surface area contributed by atoms with E-state index in [0.717, 1.165) is 27.1 Å². The van der Waals surface area contributed by atoms with Gasteiger partial charge in [0.05, 0.1) is 10.6 Å². The van der Waals surface area contributed by atoms with Gasteiger partial charge in [-0.25, -0.2) is 18.4 Å². The maximum Gasteiger partial charge on any atom is 0.243 e. The zero-order valence-corrected chi connectivity index (χ0v) is 18.6. The highest BCUT2D eigenvalue weighted by atomic mass is 79.9. The summed E-state index contributed by atoms with van der Waals surface area (Å²) in [5.41, 5.74) is 2.72. The third-order valence-corrected chi connectivity index (χ3v) is 7.30. The lowest BCUT2D eigenvalue weighted by Gasteiger charge is -2.30. The fourth-order valence-electron chi connectivity index (χ4n) is 3.42. The van der Waals surface area contributed by atoms with Gasteiger partial charge in [0, 0.05) is 49.2 Å². The Kier molecular flexibility index (Phi) is 5.42. The van der Waals surface area contributed by atoms with Crippen molar-refractivity contribution in [1.29, 1.82) is 0 Å². The van der Waals surface area contributed by atoms with E-state index >= 15 is 0 Å². The van der Waals surface area contributed by atoms with Crippen molar-refractivity contribution in [1.82, 2.24) is 14.3 Å². The van der Waals surface area contributed by atoms with Crippen molar-refractivity contribution in [3.8, 4) is 11.4 Å². The van der Waals surface area contributed by atoms with Crippen LogP contribution in [0.1, 0.15) is 11.3 Å². The van der Waals surface area contributed by atoms with E-state index in [2.05, 4.69) is 15.9 Å². The minimum atomic E-state index is -3.59. The molecule has 0 radical (unpaired) electrons. The zero-order valence-electron chi connectivity index (χ0n) is 16.2. The SMILES string of the molecule is CN(C)c1nc(-c2ccccc2)nc2c1CN(S(=O)(=O)c1ccc(Br)cc1)CC2. The van der Waals surface area contributed by atoms with Crippen molar-refractivity contribution in [3.05, 3.63) is 70.3 Å². The molecule has 2 aromatic carbocycles. The molecule has 1 aliphatic rings. The molecule has 4 rings (SSSR count). The lowest BCUT2D eigenvalue weighted by molar-refractivity contribution is 0.387. The molecule has 6 nitrogen and oxygen atoms in total. The number of benzene rings is 2. The molecule has 29 heavy (non-hydrogen) atoms. The predicted octanol–water partition coefficient (Wildman–Crippen LogP) is 3.72. The Morgan fingerprint density at radius 2 is 1.69 bits per heavy atom. The van der Waals surface area contributed by atoms with Crippen LogP contribution in [0.25, 0.3) is 11.4 Å². The van der Waals surface area contributed by atoms with Crippen LogP contribution in [0.4, 0.5) is 5.82 Å². The maximum atomic E-state index is 13.1. The topological polar surface area (TPSA) is 66.4 Å². The molecule has 0 aliphatic carbocycles. The van der Waals surface area contributed by atoms with Gasteiger partial charge in [0.25, 0.3) is 0 Å². The van der Waals surface area contributed by atoms with Gasteiger partial charge >= 0.3 is 0 Å². The highest BCUT2D eigenvalue weighted by Gasteiger charge is 2.31. The standard InChI is InChI=1S/C21H21BrN4O2S/c1-25(2)21-18-14-26(29(27,28)17-10-8-16(22)9-11-17)13-12-19(18)23-20(24-21)15-6-4-3-5-7-15/h3-11H,12-14H2,1-2H3. The third-order valence-electron chi connectivity index (χ3n) is 4.91. The van der Waals surface area contributed by atoms with Gasteiger partial charge in [0.1, 0.15) is 5.82 Å². The Hall–Kier alpha value is -2.29. The van der Waals surface area contributed by atoms with Crippen LogP contribution in [0.5, 0.6) is 0 Å². The van der Waals surface area contributed by atoms with Crippen LogP contribution in [-0.2, 0) is 23.0 Å². The first-order valence-corrected chi connectivity index (χ1v) is 11.5. The molecule has 1 aromatic heterocycles. The van der Waals surface area contributed by atoms with Crippen molar-refractivity contribution >= 4 is 31.8 Å². The molecular formula is C21H21BrN4O2S. The molecule has 0 bridgehead atoms. The van der Waals surface area contributed by atoms with E-state index in [1.54, 1.807) is 24.3 Å². The zero-order chi connectivity index (χ0) is 20.6. The quantitative estimate of drug-likeness (QED) is 0.578. The number of nitrogens with zero attached hydrogens (tertiary/aromatic N) is 4. The summed E-state index contributed by atoms with van der Waals surface area (Å²) in [7, 11) is 0.245. The fraction of sp³-hybridized carbons (Fsp3) is 0.238. The predicted molar refractivity (Wildman–Crippen MR) is 117 cm³/mol. The van der Waals surface area contributed by atoms with Gasteiger partial charge in [-0.2, -0.15) is 4.31 Å². The minimum Gasteiger partial charge on any atom is -0.362 e. The number of hydrogen-bond donors (Lipinski definition) is 0. The van der Waals surface area contributed by atoms with Gasteiger partial charge in [-0.05, 0) is 24.3 Å². The second-order valence-corrected chi connectivity index (χ2v) is 9.95. The summed E-state index contributed by atoms with van der Waals surface area (Å²) in [6.45, 7) is 0.653. The number of rotatable bonds is 4. The molecule has 0 N–H and O–H groups in total. The van der Waals surface area contributed by atoms with Crippen molar-refractivity contribution in [2.24, 2.45) is 0 Å². The summed E-state index contributed by atoms with van der Waals surface area (Å²) in [5, 5.41) is 0. The van der Waals surface area contributed by atoms with Crippen LogP contribution in [0.3, 0.4) is 0 Å². The molecule has 0 unspecified atom stereocenters. The molecular weight excluding hydrogens is 452 g/mol. The van der Waals surface area contributed by atoms with Crippen molar-refractivity contribution in [2.45, 2.75) is 17.9 Å². The molecule has 0 spiro atoms. The van der Waals surface area contributed by atoms with Gasteiger partial charge in [-0.1, -0.05) is 46.3 Å². The molecule has 150 valence electrons. The Morgan fingerprint density at radius 1 is 1.00 bits per heavy atom. The number of halogens is 1. The number of fused-ring (bicyclic) bond motifs is 1. The van der Waals surface area contributed by atoms with Crippen molar-refractivity contribution in [3.63, 3.8) is 0 Å². The molecule has 0 amide bonds. The largest absolute Gasteiger partial charge is 0.362 e. The normalized spacial score (nSPS) is 14.4. The second-order valence-electron chi connectivity index (χ2n) is 7.10. The molecule has 1 aliphatic heterocycles. The monoisotopic (exact) mass is 472 g/mol. The molecule has 0 atom stereocenters. The van der Waals surface area contributed by atoms with Crippen LogP contribution < -0.4 is 4.90 Å². The third kappa shape index (κ3) is 3.92. The van der Waals surface area contributed by atoms with Gasteiger partial charge in [0.15, 0.2) is 5.82 Å². The van der Waals surface area contributed by atoms with Crippen LogP contribution in [0.15, 0.2) is 64.0 Å². The highest BCUT2D eigenvalue weighted by Crippen LogP contribution is 2.31. The number of sulfonamides is 1. The van der Waals surface area contributed by atoms with Gasteiger partial charge in [0.2, 0.25) is 10.0 Å². The summed E-state index contributed by atoms with van der Waals surface area (Å²) in [5.74, 6) is 1.42. The molecule has 2 heterocycles. The summed E-state index contributed by atoms with van der Waals surface area (Å²) >= 11 is 3.35. The van der Waals surface area contributed by atoms with Crippen molar-refractivity contribution < 1.29 is 8.42 Å². The van der Waals surface area contributed by atoms with E-state index in [4.69, 9.17) is 9.97 Å². The molecule has 0 saturated heterocycles. The first kappa shape index (κ1) is 20.0. The summed E-state index contributed by atoms with van der Waals surface area (Å²) < 4.78 is 28.6. The van der Waals surface area contributed by atoms with Gasteiger partial charge in [-0.3, -0.25) is 0 Å². The van der Waals surface area contributed by atoms with Crippen LogP contribution in [-0.4, -0.2) is 43.3 Å². The lowest BCUT2D eigenvalue weighted by Crippen LogP contribution is -2.37. The van der Waals surface area contributed by atoms with E-state index in [1.165, 1.54) is 4.31 Å². The molecule has 0 saturated carbocycles. The van der Waals surface area contributed by atoms with E-state index in [0.29, 0.717) is 18.8 Å². The highest BCUT2D eigenvalue weighted by molar-refractivity contribution is 9.10. The summed E-state index contributed by atoms with van der Waals surface area (Å²) in [4.78, 5) is 11.7. The average molecular weight is 473 g/mol. The van der Waals surface area contributed by atoms with Crippen LogP contribution in [0.2, 0.25) is 0 Å². The first-order valence-electron chi connectivity index (χ1n) is 9.24. The number of hydrogen-bond acceptors (Lipinski definition) is 5. The first-order chi connectivity index (χ1) is 13.9. The van der Waals surface area contributed by atoms with Gasteiger partial charge in [-0.15, -0.1) is 0 Å². The smallest absolute Gasteiger partial charge is 0.243 e. The lowest BCUT2D eigenvalue weighted by atomic mass is 10.1. The Balaban J connectivity index is 1.73. The second kappa shape index (κ2) is 7.85. The Morgan fingerprint density at radius 3 is 2.34 bits per heavy atom. The number of aromatic nitrogens is 2. The average Bonchev–Trinajstić information content (AvgIpc) is 2.73.